The molecule has 2 rings (SSSR count). The van der Waals surface area contributed by atoms with Crippen molar-refractivity contribution in [1.29, 1.82) is 0 Å². The average Bonchev–Trinajstić information content (AvgIpc) is 2.68. The number of hydrogen-bond acceptors (Lipinski definition) is 2. The highest BCUT2D eigenvalue weighted by Gasteiger charge is 2.18. The summed E-state index contributed by atoms with van der Waals surface area (Å²) in [5, 5.41) is 4.92. The first-order valence-corrected chi connectivity index (χ1v) is 8.83. The molecule has 0 aliphatic rings. The number of halogens is 3. The van der Waals surface area contributed by atoms with Gasteiger partial charge in [0.15, 0.2) is 0 Å². The smallest absolute Gasteiger partial charge is 0.0704 e. The van der Waals surface area contributed by atoms with Gasteiger partial charge in [-0.2, -0.15) is 0 Å². The van der Waals surface area contributed by atoms with Gasteiger partial charge in [-0.15, -0.1) is 11.3 Å². The first-order valence-electron chi connectivity index (χ1n) is 6.46. The Labute approximate surface area is 142 Å². The number of thiophene rings is 1. The molecule has 1 aromatic heterocycles. The van der Waals surface area contributed by atoms with Crippen LogP contribution in [0.3, 0.4) is 0 Å². The predicted octanol–water partition coefficient (Wildman–Crippen LogP) is 6.21. The van der Waals surface area contributed by atoms with E-state index in [4.69, 9.17) is 23.2 Å². The van der Waals surface area contributed by atoms with Gasteiger partial charge >= 0.3 is 0 Å². The normalized spacial score (nSPS) is 12.7. The highest BCUT2D eigenvalue weighted by molar-refractivity contribution is 9.11. The molecular weight excluding hydrogens is 377 g/mol. The zero-order valence-electron chi connectivity index (χ0n) is 11.3. The van der Waals surface area contributed by atoms with Crippen LogP contribution in [-0.4, -0.2) is 6.54 Å². The Bertz CT molecular complexity index is 577. The monoisotopic (exact) mass is 391 g/mol. The van der Waals surface area contributed by atoms with E-state index in [9.17, 15) is 0 Å². The van der Waals surface area contributed by atoms with Crippen molar-refractivity contribution in [2.24, 2.45) is 0 Å². The Morgan fingerprint density at radius 2 is 1.85 bits per heavy atom. The molecule has 5 heteroatoms. The molecule has 0 bridgehead atoms. The van der Waals surface area contributed by atoms with Crippen LogP contribution < -0.4 is 5.32 Å². The number of rotatable bonds is 5. The molecule has 0 saturated heterocycles. The number of hydrogen-bond donors (Lipinski definition) is 1. The average molecular weight is 393 g/mol. The SMILES string of the molecule is CCCNC(c1cc(Cl)cc(Cl)c1)c1cc(Br)sc1C. The van der Waals surface area contributed by atoms with Crippen LogP contribution in [0.2, 0.25) is 10.0 Å². The quantitative estimate of drug-likeness (QED) is 0.637. The summed E-state index contributed by atoms with van der Waals surface area (Å²) >= 11 is 17.6. The summed E-state index contributed by atoms with van der Waals surface area (Å²) in [6.45, 7) is 5.24. The summed E-state index contributed by atoms with van der Waals surface area (Å²) in [5.74, 6) is 0. The molecule has 1 heterocycles. The Hall–Kier alpha value is -0.0600. The van der Waals surface area contributed by atoms with Gasteiger partial charge in [0, 0.05) is 14.9 Å². The minimum absolute atomic E-state index is 0.119. The zero-order valence-corrected chi connectivity index (χ0v) is 15.3. The van der Waals surface area contributed by atoms with Crippen LogP contribution in [0.1, 0.15) is 35.4 Å². The van der Waals surface area contributed by atoms with Gasteiger partial charge in [0.25, 0.3) is 0 Å². The van der Waals surface area contributed by atoms with Gasteiger partial charge in [-0.25, -0.2) is 0 Å². The molecular formula is C15H16BrCl2NS. The van der Waals surface area contributed by atoms with Crippen molar-refractivity contribution in [3.8, 4) is 0 Å². The lowest BCUT2D eigenvalue weighted by Gasteiger charge is -2.20. The number of nitrogens with one attached hydrogen (secondary N) is 1. The van der Waals surface area contributed by atoms with Crippen molar-refractivity contribution in [3.63, 3.8) is 0 Å². The largest absolute Gasteiger partial charge is 0.306 e. The van der Waals surface area contributed by atoms with Crippen LogP contribution in [0, 0.1) is 6.92 Å². The predicted molar refractivity (Wildman–Crippen MR) is 93.4 cm³/mol. The van der Waals surface area contributed by atoms with Crippen LogP contribution in [-0.2, 0) is 0 Å². The van der Waals surface area contributed by atoms with E-state index in [0.717, 1.165) is 22.3 Å². The van der Waals surface area contributed by atoms with E-state index >= 15 is 0 Å². The molecule has 1 nitrogen and oxygen atoms in total. The van der Waals surface area contributed by atoms with E-state index < -0.39 is 0 Å². The molecule has 20 heavy (non-hydrogen) atoms. The van der Waals surface area contributed by atoms with Crippen LogP contribution in [0.4, 0.5) is 0 Å². The van der Waals surface area contributed by atoms with E-state index in [1.807, 2.05) is 12.1 Å². The highest BCUT2D eigenvalue weighted by Crippen LogP contribution is 2.35. The third-order valence-electron chi connectivity index (χ3n) is 3.05. The van der Waals surface area contributed by atoms with Crippen molar-refractivity contribution in [2.75, 3.05) is 6.54 Å². The maximum Gasteiger partial charge on any atom is 0.0704 e. The van der Waals surface area contributed by atoms with Crippen LogP contribution in [0.25, 0.3) is 0 Å². The van der Waals surface area contributed by atoms with Crippen LogP contribution >= 0.6 is 50.5 Å². The lowest BCUT2D eigenvalue weighted by atomic mass is 9.99. The molecule has 0 aliphatic carbocycles. The molecule has 0 saturated carbocycles. The Morgan fingerprint density at radius 3 is 2.35 bits per heavy atom. The van der Waals surface area contributed by atoms with Gasteiger partial charge in [-0.05, 0) is 71.2 Å². The van der Waals surface area contributed by atoms with Gasteiger partial charge in [0.05, 0.1) is 9.83 Å². The third-order valence-corrected chi connectivity index (χ3v) is 5.06. The molecule has 2 aromatic rings. The van der Waals surface area contributed by atoms with Crippen LogP contribution in [0.15, 0.2) is 28.1 Å². The van der Waals surface area contributed by atoms with Crippen molar-refractivity contribution < 1.29 is 0 Å². The molecule has 1 aromatic carbocycles. The van der Waals surface area contributed by atoms with Crippen molar-refractivity contribution in [1.82, 2.24) is 5.32 Å². The number of benzene rings is 1. The van der Waals surface area contributed by atoms with Crippen LogP contribution in [0.5, 0.6) is 0 Å². The molecule has 0 amide bonds. The maximum atomic E-state index is 6.14. The summed E-state index contributed by atoms with van der Waals surface area (Å²) in [7, 11) is 0. The Kier molecular flexibility index (Phi) is 5.94. The lowest BCUT2D eigenvalue weighted by Crippen LogP contribution is -2.23. The first kappa shape index (κ1) is 16.3. The van der Waals surface area contributed by atoms with E-state index in [-0.39, 0.29) is 6.04 Å². The van der Waals surface area contributed by atoms with Crippen molar-refractivity contribution in [2.45, 2.75) is 26.3 Å². The van der Waals surface area contributed by atoms with Gasteiger partial charge < -0.3 is 5.32 Å². The van der Waals surface area contributed by atoms with Crippen molar-refractivity contribution >= 4 is 50.5 Å². The maximum absolute atomic E-state index is 6.14. The fourth-order valence-corrected chi connectivity index (χ4v) is 4.47. The molecule has 1 unspecified atom stereocenters. The minimum atomic E-state index is 0.119. The zero-order chi connectivity index (χ0) is 14.7. The summed E-state index contributed by atoms with van der Waals surface area (Å²) in [5.41, 5.74) is 2.37. The molecule has 0 aliphatic heterocycles. The highest BCUT2D eigenvalue weighted by atomic mass is 79.9. The second kappa shape index (κ2) is 7.28. The summed E-state index contributed by atoms with van der Waals surface area (Å²) in [4.78, 5) is 1.29. The van der Waals surface area contributed by atoms with Gasteiger partial charge in [0.2, 0.25) is 0 Å². The fraction of sp³-hybridized carbons (Fsp3) is 0.333. The molecule has 1 atom stereocenters. The van der Waals surface area contributed by atoms with Gasteiger partial charge in [-0.3, -0.25) is 0 Å². The lowest BCUT2D eigenvalue weighted by molar-refractivity contribution is 0.598. The van der Waals surface area contributed by atoms with Crippen molar-refractivity contribution in [3.05, 3.63) is 54.1 Å². The third kappa shape index (κ3) is 3.99. The molecule has 108 valence electrons. The summed E-state index contributed by atoms with van der Waals surface area (Å²) < 4.78 is 1.14. The van der Waals surface area contributed by atoms with E-state index in [2.05, 4.69) is 41.2 Å². The second-order valence-corrected chi connectivity index (χ2v) is 8.16. The standard InChI is InChI=1S/C15H16BrCl2NS/c1-3-4-19-15(13-8-14(16)20-9(13)2)10-5-11(17)7-12(18)6-10/h5-8,15,19H,3-4H2,1-2H3. The first-order chi connectivity index (χ1) is 9.51. The Balaban J connectivity index is 2.43. The van der Waals surface area contributed by atoms with E-state index in [1.165, 1.54) is 10.4 Å². The minimum Gasteiger partial charge on any atom is -0.306 e. The molecule has 1 N–H and O–H groups in total. The summed E-state index contributed by atoms with van der Waals surface area (Å²) in [6, 6.07) is 8.01. The number of aryl methyl sites for hydroxylation is 1. The Morgan fingerprint density at radius 1 is 1.20 bits per heavy atom. The topological polar surface area (TPSA) is 12.0 Å². The van der Waals surface area contributed by atoms with Gasteiger partial charge in [-0.1, -0.05) is 30.1 Å². The second-order valence-electron chi connectivity index (χ2n) is 4.65. The summed E-state index contributed by atoms with van der Waals surface area (Å²) in [6.07, 6.45) is 1.08. The van der Waals surface area contributed by atoms with E-state index in [1.54, 1.807) is 17.4 Å². The van der Waals surface area contributed by atoms with E-state index in [0.29, 0.717) is 10.0 Å². The fourth-order valence-electron chi connectivity index (χ4n) is 2.18. The molecule has 0 radical (unpaired) electrons. The molecule has 0 spiro atoms. The molecule has 0 fully saturated rings. The van der Waals surface area contributed by atoms with Gasteiger partial charge in [0.1, 0.15) is 0 Å².